The van der Waals surface area contributed by atoms with Crippen LogP contribution in [-0.2, 0) is 9.45 Å². The van der Waals surface area contributed by atoms with E-state index in [0.717, 1.165) is 19.3 Å². The first-order valence-corrected chi connectivity index (χ1v) is 4.74. The third-order valence-electron chi connectivity index (χ3n) is 2.32. The van der Waals surface area contributed by atoms with Crippen LogP contribution in [0, 0.1) is 0 Å². The van der Waals surface area contributed by atoms with Crippen LogP contribution in [-0.4, -0.2) is 30.1 Å². The summed E-state index contributed by atoms with van der Waals surface area (Å²) in [6.45, 7) is 3.47. The maximum atomic E-state index is 10.7. The van der Waals surface area contributed by atoms with Crippen molar-refractivity contribution in [2.24, 2.45) is 0 Å². The van der Waals surface area contributed by atoms with Crippen LogP contribution in [0.25, 0.3) is 0 Å². The molecule has 2 unspecified atom stereocenters. The summed E-state index contributed by atoms with van der Waals surface area (Å²) in [4.78, 5) is 10.7. The van der Waals surface area contributed by atoms with E-state index in [9.17, 15) is 9.82 Å². The van der Waals surface area contributed by atoms with Crippen LogP contribution >= 0.6 is 0 Å². The van der Waals surface area contributed by atoms with Crippen molar-refractivity contribution in [3.8, 4) is 0 Å². The lowest BCUT2D eigenvalue weighted by Gasteiger charge is -2.30. The molecule has 0 aliphatic carbocycles. The first-order valence-electron chi connectivity index (χ1n) is 4.74. The molecule has 0 saturated carbocycles. The molecule has 2 atom stereocenters. The third-order valence-corrected chi connectivity index (χ3v) is 2.32. The number of amides is 1. The van der Waals surface area contributed by atoms with Crippen LogP contribution in [0.1, 0.15) is 33.1 Å². The predicted molar refractivity (Wildman–Crippen MR) is 50.0 cm³/mol. The smallest absolute Gasteiger partial charge is 0.426 e. The van der Waals surface area contributed by atoms with E-state index in [-0.39, 0.29) is 18.0 Å². The van der Waals surface area contributed by atoms with Crippen LogP contribution in [0.5, 0.6) is 0 Å². The standard InChI is InChI=1S/C8H16BNO3/c1-3-7-4-5-8(9(12)13-7)10-6(2)11/h7-8,12H,3-5H2,1-2H3,(H,10,11). The zero-order valence-electron chi connectivity index (χ0n) is 8.12. The highest BCUT2D eigenvalue weighted by Gasteiger charge is 2.34. The van der Waals surface area contributed by atoms with Crippen molar-refractivity contribution in [2.75, 3.05) is 0 Å². The number of carbonyl (C=O) groups is 1. The monoisotopic (exact) mass is 185 g/mol. The van der Waals surface area contributed by atoms with Gasteiger partial charge in [-0.25, -0.2) is 0 Å². The van der Waals surface area contributed by atoms with E-state index in [0.29, 0.717) is 0 Å². The van der Waals surface area contributed by atoms with Crippen LogP contribution in [0.4, 0.5) is 0 Å². The van der Waals surface area contributed by atoms with Crippen molar-refractivity contribution in [1.29, 1.82) is 0 Å². The fourth-order valence-electron chi connectivity index (χ4n) is 1.57. The zero-order chi connectivity index (χ0) is 9.84. The minimum absolute atomic E-state index is 0.123. The topological polar surface area (TPSA) is 58.6 Å². The molecule has 0 spiro atoms. The molecule has 1 fully saturated rings. The quantitative estimate of drug-likeness (QED) is 0.599. The van der Waals surface area contributed by atoms with Crippen molar-refractivity contribution in [2.45, 2.75) is 45.2 Å². The average molecular weight is 185 g/mol. The van der Waals surface area contributed by atoms with E-state index in [4.69, 9.17) is 4.65 Å². The minimum atomic E-state index is -0.845. The second-order valence-corrected chi connectivity index (χ2v) is 3.44. The van der Waals surface area contributed by atoms with Gasteiger partial charge < -0.3 is 15.0 Å². The highest BCUT2D eigenvalue weighted by Crippen LogP contribution is 2.17. The summed E-state index contributed by atoms with van der Waals surface area (Å²) in [7, 11) is -0.845. The second-order valence-electron chi connectivity index (χ2n) is 3.44. The zero-order valence-corrected chi connectivity index (χ0v) is 8.12. The Balaban J connectivity index is 2.39. The summed E-state index contributed by atoms with van der Waals surface area (Å²) in [5, 5.41) is 12.1. The Kier molecular flexibility index (Phi) is 3.75. The number of hydrogen-bond acceptors (Lipinski definition) is 3. The van der Waals surface area contributed by atoms with Gasteiger partial charge in [0.05, 0.1) is 5.94 Å². The van der Waals surface area contributed by atoms with Gasteiger partial charge in [0.25, 0.3) is 0 Å². The molecule has 5 heteroatoms. The molecule has 1 aliphatic rings. The molecule has 2 N–H and O–H groups in total. The van der Waals surface area contributed by atoms with Crippen molar-refractivity contribution in [3.05, 3.63) is 0 Å². The Morgan fingerprint density at radius 3 is 2.85 bits per heavy atom. The summed E-state index contributed by atoms with van der Waals surface area (Å²) in [5.74, 6) is -0.358. The van der Waals surface area contributed by atoms with E-state index < -0.39 is 7.12 Å². The SMILES string of the molecule is CCC1CCC(NC(C)=O)B(O)O1. The van der Waals surface area contributed by atoms with Gasteiger partial charge >= 0.3 is 7.12 Å². The van der Waals surface area contributed by atoms with Gasteiger partial charge in [-0.1, -0.05) is 6.92 Å². The lowest BCUT2D eigenvalue weighted by molar-refractivity contribution is -0.119. The molecule has 1 rings (SSSR count). The lowest BCUT2D eigenvalue weighted by Crippen LogP contribution is -2.52. The number of nitrogens with one attached hydrogen (secondary N) is 1. The Labute approximate surface area is 78.8 Å². The molecule has 1 saturated heterocycles. The third kappa shape index (κ3) is 3.01. The molecule has 0 aromatic carbocycles. The fraction of sp³-hybridized carbons (Fsp3) is 0.875. The molecular weight excluding hydrogens is 169 g/mol. The normalized spacial score (nSPS) is 28.7. The van der Waals surface area contributed by atoms with E-state index in [1.54, 1.807) is 0 Å². The van der Waals surface area contributed by atoms with Gasteiger partial charge in [0.1, 0.15) is 0 Å². The van der Waals surface area contributed by atoms with Crippen molar-refractivity contribution >= 4 is 13.0 Å². The van der Waals surface area contributed by atoms with Crippen LogP contribution < -0.4 is 5.32 Å². The average Bonchev–Trinajstić information content (AvgIpc) is 2.08. The molecule has 0 radical (unpaired) electrons. The Morgan fingerprint density at radius 1 is 1.69 bits per heavy atom. The Hall–Kier alpha value is -0.545. The molecule has 13 heavy (non-hydrogen) atoms. The van der Waals surface area contributed by atoms with Crippen molar-refractivity contribution in [1.82, 2.24) is 5.32 Å². The molecule has 1 heterocycles. The maximum Gasteiger partial charge on any atom is 0.478 e. The molecule has 1 amide bonds. The van der Waals surface area contributed by atoms with Crippen LogP contribution in [0.3, 0.4) is 0 Å². The Morgan fingerprint density at radius 2 is 2.38 bits per heavy atom. The van der Waals surface area contributed by atoms with E-state index in [1.807, 2.05) is 6.92 Å². The fourth-order valence-corrected chi connectivity index (χ4v) is 1.57. The summed E-state index contributed by atoms with van der Waals surface area (Å²) in [6.07, 6.45) is 2.74. The molecule has 4 nitrogen and oxygen atoms in total. The Bertz CT molecular complexity index is 188. The number of rotatable bonds is 2. The van der Waals surface area contributed by atoms with Gasteiger partial charge in [-0.15, -0.1) is 0 Å². The number of hydrogen-bond donors (Lipinski definition) is 2. The van der Waals surface area contributed by atoms with Gasteiger partial charge in [0.15, 0.2) is 0 Å². The second kappa shape index (κ2) is 4.62. The lowest BCUT2D eigenvalue weighted by atomic mass is 9.72. The molecule has 1 aliphatic heterocycles. The van der Waals surface area contributed by atoms with E-state index >= 15 is 0 Å². The van der Waals surface area contributed by atoms with Gasteiger partial charge in [-0.2, -0.15) is 0 Å². The van der Waals surface area contributed by atoms with E-state index in [1.165, 1.54) is 6.92 Å². The predicted octanol–water partition coefficient (Wildman–Crippen LogP) is 0.0998. The summed E-state index contributed by atoms with van der Waals surface area (Å²) < 4.78 is 5.29. The van der Waals surface area contributed by atoms with Gasteiger partial charge in [-0.3, -0.25) is 4.79 Å². The van der Waals surface area contributed by atoms with Crippen molar-refractivity contribution in [3.63, 3.8) is 0 Å². The highest BCUT2D eigenvalue weighted by atomic mass is 16.5. The largest absolute Gasteiger partial charge is 0.478 e. The van der Waals surface area contributed by atoms with Gasteiger partial charge in [-0.05, 0) is 19.3 Å². The van der Waals surface area contributed by atoms with Gasteiger partial charge in [0, 0.05) is 13.0 Å². The maximum absolute atomic E-state index is 10.7. The molecule has 0 aromatic rings. The molecule has 74 valence electrons. The minimum Gasteiger partial charge on any atom is -0.426 e. The molecule has 0 aromatic heterocycles. The molecule has 0 bridgehead atoms. The highest BCUT2D eigenvalue weighted by molar-refractivity contribution is 6.45. The number of carbonyl (C=O) groups excluding carboxylic acids is 1. The first-order chi connectivity index (χ1) is 6.13. The van der Waals surface area contributed by atoms with Crippen molar-refractivity contribution < 1.29 is 14.5 Å². The van der Waals surface area contributed by atoms with Crippen LogP contribution in [0.2, 0.25) is 0 Å². The summed E-state index contributed by atoms with van der Waals surface area (Å²) in [5.41, 5.74) is 0. The van der Waals surface area contributed by atoms with Crippen LogP contribution in [0.15, 0.2) is 0 Å². The molecular formula is C8H16BNO3. The summed E-state index contributed by atoms with van der Waals surface area (Å²) >= 11 is 0. The first kappa shape index (κ1) is 10.5. The van der Waals surface area contributed by atoms with E-state index in [2.05, 4.69) is 5.32 Å². The van der Waals surface area contributed by atoms with Gasteiger partial charge in [0.2, 0.25) is 5.91 Å². The summed E-state index contributed by atoms with van der Waals surface area (Å²) in [6, 6.07) is 0.